The van der Waals surface area contributed by atoms with Crippen LogP contribution >= 0.6 is 0 Å². The smallest absolute Gasteiger partial charge is 0.337 e. The highest BCUT2D eigenvalue weighted by atomic mass is 16.7. The number of nitrogens with one attached hydrogen (secondary N) is 1. The first-order valence-electron chi connectivity index (χ1n) is 10.8. The van der Waals surface area contributed by atoms with Gasteiger partial charge in [-0.15, -0.1) is 0 Å². The minimum Gasteiger partial charge on any atom is -0.465 e. The lowest BCUT2D eigenvalue weighted by Crippen LogP contribution is -2.33. The Labute approximate surface area is 193 Å². The minimum atomic E-state index is -0.643. The van der Waals surface area contributed by atoms with Crippen molar-refractivity contribution < 1.29 is 33.6 Å². The quantitative estimate of drug-likeness (QED) is 0.396. The van der Waals surface area contributed by atoms with Gasteiger partial charge in [-0.2, -0.15) is 0 Å². The van der Waals surface area contributed by atoms with E-state index in [-0.39, 0.29) is 37.4 Å². The molecule has 0 bridgehead atoms. The molecule has 0 saturated heterocycles. The average Bonchev–Trinajstić information content (AvgIpc) is 2.87. The van der Waals surface area contributed by atoms with Gasteiger partial charge in [0.05, 0.1) is 39.1 Å². The molecule has 0 aliphatic carbocycles. The van der Waals surface area contributed by atoms with Gasteiger partial charge in [0.2, 0.25) is 6.29 Å². The van der Waals surface area contributed by atoms with E-state index < -0.39 is 12.3 Å². The van der Waals surface area contributed by atoms with Crippen LogP contribution in [0.25, 0.3) is 0 Å². The maximum Gasteiger partial charge on any atom is 0.337 e. The number of hydrogen-bond acceptors (Lipinski definition) is 7. The summed E-state index contributed by atoms with van der Waals surface area (Å²) in [7, 11) is 1.34. The fourth-order valence-corrected chi connectivity index (χ4v) is 3.41. The highest BCUT2D eigenvalue weighted by molar-refractivity contribution is 5.91. The van der Waals surface area contributed by atoms with E-state index in [1.807, 2.05) is 42.5 Å². The summed E-state index contributed by atoms with van der Waals surface area (Å²) in [5, 5.41) is 11.7. The van der Waals surface area contributed by atoms with E-state index in [0.29, 0.717) is 25.1 Å². The Morgan fingerprint density at radius 1 is 1.06 bits per heavy atom. The normalized spacial score (nSPS) is 17.6. The molecule has 1 aliphatic heterocycles. The van der Waals surface area contributed by atoms with Crippen molar-refractivity contribution in [3.8, 4) is 0 Å². The van der Waals surface area contributed by atoms with Crippen molar-refractivity contribution >= 4 is 11.9 Å². The van der Waals surface area contributed by atoms with Crippen LogP contribution < -0.4 is 5.32 Å². The molecule has 8 heteroatoms. The number of benzene rings is 2. The molecule has 1 amide bonds. The van der Waals surface area contributed by atoms with E-state index in [9.17, 15) is 9.59 Å². The zero-order valence-corrected chi connectivity index (χ0v) is 18.6. The highest BCUT2D eigenvalue weighted by Gasteiger charge is 2.29. The number of aliphatic hydroxyl groups is 1. The van der Waals surface area contributed by atoms with Crippen LogP contribution in [0.4, 0.5) is 0 Å². The lowest BCUT2D eigenvalue weighted by atomic mass is 9.92. The summed E-state index contributed by atoms with van der Waals surface area (Å²) in [6.07, 6.45) is 1.62. The molecular weight excluding hydrogens is 426 g/mol. The van der Waals surface area contributed by atoms with Gasteiger partial charge in [-0.05, 0) is 29.3 Å². The van der Waals surface area contributed by atoms with E-state index in [4.69, 9.17) is 24.1 Å². The molecule has 3 rings (SSSR count). The number of esters is 1. The zero-order chi connectivity index (χ0) is 23.5. The molecule has 2 aromatic rings. The largest absolute Gasteiger partial charge is 0.465 e. The summed E-state index contributed by atoms with van der Waals surface area (Å²) in [4.78, 5) is 24.5. The van der Waals surface area contributed by atoms with E-state index in [0.717, 1.165) is 11.1 Å². The van der Waals surface area contributed by atoms with Gasteiger partial charge in [-0.3, -0.25) is 4.79 Å². The Kier molecular flexibility index (Phi) is 9.44. The van der Waals surface area contributed by atoms with Crippen molar-refractivity contribution in [2.45, 2.75) is 25.2 Å². The molecule has 1 aliphatic rings. The summed E-state index contributed by atoms with van der Waals surface area (Å²) in [5.41, 5.74) is 2.35. The fraction of sp³-hybridized carbons (Fsp3) is 0.360. The van der Waals surface area contributed by atoms with Gasteiger partial charge in [-0.25, -0.2) is 4.79 Å². The van der Waals surface area contributed by atoms with Crippen molar-refractivity contribution in [3.63, 3.8) is 0 Å². The molecule has 8 nitrogen and oxygen atoms in total. The number of methoxy groups -OCH3 is 1. The van der Waals surface area contributed by atoms with Gasteiger partial charge in [0, 0.05) is 18.9 Å². The molecule has 0 radical (unpaired) electrons. The number of ether oxygens (including phenoxy) is 4. The zero-order valence-electron chi connectivity index (χ0n) is 18.6. The van der Waals surface area contributed by atoms with E-state index in [1.54, 1.807) is 18.2 Å². The number of carbonyl (C=O) groups is 2. The van der Waals surface area contributed by atoms with Gasteiger partial charge in [0.1, 0.15) is 0 Å². The fourth-order valence-electron chi connectivity index (χ4n) is 3.41. The summed E-state index contributed by atoms with van der Waals surface area (Å²) in [5.74, 6) is -0.708. The van der Waals surface area contributed by atoms with Crippen molar-refractivity contribution in [1.29, 1.82) is 0 Å². The second-order valence-electron chi connectivity index (χ2n) is 7.41. The van der Waals surface area contributed by atoms with Crippen molar-refractivity contribution in [3.05, 3.63) is 83.1 Å². The Bertz CT molecular complexity index is 928. The molecule has 2 aromatic carbocycles. The number of carbonyl (C=O) groups excluding carboxylic acids is 2. The van der Waals surface area contributed by atoms with Crippen LogP contribution in [0.2, 0.25) is 0 Å². The molecule has 2 unspecified atom stereocenters. The molecular formula is C25H29NO7. The third-order valence-corrected chi connectivity index (χ3v) is 5.10. The molecule has 2 atom stereocenters. The third kappa shape index (κ3) is 7.42. The second kappa shape index (κ2) is 12.7. The maximum atomic E-state index is 12.8. The Hall–Kier alpha value is -3.20. The molecule has 0 saturated carbocycles. The number of amides is 1. The second-order valence-corrected chi connectivity index (χ2v) is 7.41. The number of allylic oxidation sites excluding steroid dienone is 1. The van der Waals surface area contributed by atoms with Gasteiger partial charge in [0.25, 0.3) is 5.91 Å². The topological polar surface area (TPSA) is 103 Å². The first-order valence-corrected chi connectivity index (χ1v) is 10.8. The Morgan fingerprint density at radius 3 is 2.52 bits per heavy atom. The molecule has 0 fully saturated rings. The highest BCUT2D eigenvalue weighted by Crippen LogP contribution is 2.31. The van der Waals surface area contributed by atoms with Crippen LogP contribution in [-0.2, 0) is 30.3 Å². The lowest BCUT2D eigenvalue weighted by Gasteiger charge is -2.29. The number of hydrogen-bond donors (Lipinski definition) is 2. The van der Waals surface area contributed by atoms with Gasteiger partial charge in [-0.1, -0.05) is 42.5 Å². The molecule has 2 N–H and O–H groups in total. The minimum absolute atomic E-state index is 0.0575. The van der Waals surface area contributed by atoms with Crippen LogP contribution in [0, 0.1) is 0 Å². The SMILES string of the molecule is COC(=O)c1ccc(C2C=C(C(=O)NCc3ccccc3)OC(OCCOCCO)C2)cc1. The van der Waals surface area contributed by atoms with Crippen LogP contribution in [0.3, 0.4) is 0 Å². The summed E-state index contributed by atoms with van der Waals surface area (Å²) >= 11 is 0. The van der Waals surface area contributed by atoms with Crippen LogP contribution in [0.15, 0.2) is 66.4 Å². The summed E-state index contributed by atoms with van der Waals surface area (Å²) < 4.78 is 21.6. The van der Waals surface area contributed by atoms with Crippen molar-refractivity contribution in [2.24, 2.45) is 0 Å². The van der Waals surface area contributed by atoms with Crippen molar-refractivity contribution in [2.75, 3.05) is 33.5 Å². The van der Waals surface area contributed by atoms with E-state index in [2.05, 4.69) is 5.32 Å². The van der Waals surface area contributed by atoms with Gasteiger partial charge < -0.3 is 29.4 Å². The molecule has 176 valence electrons. The number of aliphatic hydroxyl groups excluding tert-OH is 1. The molecule has 0 aromatic heterocycles. The van der Waals surface area contributed by atoms with E-state index in [1.165, 1.54) is 7.11 Å². The van der Waals surface area contributed by atoms with Crippen LogP contribution in [-0.4, -0.2) is 56.8 Å². The molecule has 33 heavy (non-hydrogen) atoms. The summed E-state index contributed by atoms with van der Waals surface area (Å²) in [6, 6.07) is 16.7. The molecule has 1 heterocycles. The first kappa shape index (κ1) is 24.4. The van der Waals surface area contributed by atoms with Crippen LogP contribution in [0.5, 0.6) is 0 Å². The average molecular weight is 456 g/mol. The van der Waals surface area contributed by atoms with Gasteiger partial charge >= 0.3 is 5.97 Å². The van der Waals surface area contributed by atoms with Gasteiger partial charge in [0.15, 0.2) is 5.76 Å². The monoisotopic (exact) mass is 455 g/mol. The number of rotatable bonds is 11. The Balaban J connectivity index is 1.70. The van der Waals surface area contributed by atoms with Crippen molar-refractivity contribution in [1.82, 2.24) is 5.32 Å². The Morgan fingerprint density at radius 2 is 1.82 bits per heavy atom. The van der Waals surface area contributed by atoms with Crippen LogP contribution in [0.1, 0.15) is 33.8 Å². The summed E-state index contributed by atoms with van der Waals surface area (Å²) in [6.45, 7) is 1.12. The lowest BCUT2D eigenvalue weighted by molar-refractivity contribution is -0.151. The first-order chi connectivity index (χ1) is 16.1. The van der Waals surface area contributed by atoms with E-state index >= 15 is 0 Å². The third-order valence-electron chi connectivity index (χ3n) is 5.10. The molecule has 0 spiro atoms. The maximum absolute atomic E-state index is 12.8. The predicted molar refractivity (Wildman–Crippen MR) is 120 cm³/mol. The standard InChI is InChI=1S/C25H29NO7/c1-30-25(29)20-9-7-19(8-10-20)21-15-22(24(28)26-17-18-5-3-2-4-6-18)33-23(16-21)32-14-13-31-12-11-27/h2-10,15,21,23,27H,11-14,16-17H2,1H3,(H,26,28). The predicted octanol–water partition coefficient (Wildman–Crippen LogP) is 2.53.